The third-order valence-corrected chi connectivity index (χ3v) is 9.24. The standard InChI is InChI=1S/C22H36O2Si/c1-21-14-12-19-17(18(21)10-11-20(21)24-25(2,3)4)9-8-16-7-5-6-13-22(16,19)15-23/h7,15,17-20H,5-6,8-14H2,1-4H3/t17-,18-,19+,20?,21-,22+/m0/s1. The van der Waals surface area contributed by atoms with Crippen molar-refractivity contribution < 1.29 is 9.22 Å². The van der Waals surface area contributed by atoms with Crippen LogP contribution in [0.15, 0.2) is 11.6 Å². The molecule has 3 heteroatoms. The van der Waals surface area contributed by atoms with Crippen molar-refractivity contribution >= 4 is 14.6 Å². The maximum atomic E-state index is 12.3. The Hall–Kier alpha value is -0.413. The summed E-state index contributed by atoms with van der Waals surface area (Å²) >= 11 is 0. The van der Waals surface area contributed by atoms with Crippen LogP contribution in [0, 0.1) is 28.6 Å². The summed E-state index contributed by atoms with van der Waals surface area (Å²) < 4.78 is 6.67. The molecule has 0 saturated heterocycles. The molecule has 4 aliphatic rings. The van der Waals surface area contributed by atoms with E-state index < -0.39 is 8.32 Å². The molecular weight excluding hydrogens is 324 g/mol. The number of aldehydes is 1. The minimum atomic E-state index is -1.50. The van der Waals surface area contributed by atoms with Gasteiger partial charge in [0.25, 0.3) is 0 Å². The van der Waals surface area contributed by atoms with E-state index in [1.165, 1.54) is 63.2 Å². The highest BCUT2D eigenvalue weighted by Crippen LogP contribution is 2.65. The molecule has 3 saturated carbocycles. The van der Waals surface area contributed by atoms with Gasteiger partial charge in [0, 0.05) is 5.41 Å². The highest BCUT2D eigenvalue weighted by molar-refractivity contribution is 6.69. The van der Waals surface area contributed by atoms with Crippen molar-refractivity contribution in [3.05, 3.63) is 11.6 Å². The van der Waals surface area contributed by atoms with Crippen LogP contribution in [0.5, 0.6) is 0 Å². The van der Waals surface area contributed by atoms with Crippen molar-refractivity contribution in [3.8, 4) is 0 Å². The van der Waals surface area contributed by atoms with Gasteiger partial charge in [0.1, 0.15) is 6.29 Å². The third kappa shape index (κ3) is 2.72. The lowest BCUT2D eigenvalue weighted by atomic mass is 9.47. The van der Waals surface area contributed by atoms with Crippen LogP contribution in [0.25, 0.3) is 0 Å². The van der Waals surface area contributed by atoms with Crippen molar-refractivity contribution in [2.45, 2.75) is 90.5 Å². The minimum absolute atomic E-state index is 0.0970. The van der Waals surface area contributed by atoms with E-state index in [-0.39, 0.29) is 5.41 Å². The van der Waals surface area contributed by atoms with Crippen LogP contribution in [-0.4, -0.2) is 20.7 Å². The second kappa shape index (κ2) is 6.05. The molecule has 0 heterocycles. The first-order valence-electron chi connectivity index (χ1n) is 10.6. The van der Waals surface area contributed by atoms with Crippen molar-refractivity contribution in [1.29, 1.82) is 0 Å². The summed E-state index contributed by atoms with van der Waals surface area (Å²) in [6.45, 7) is 9.51. The first kappa shape index (κ1) is 18.0. The smallest absolute Gasteiger partial charge is 0.184 e. The quantitative estimate of drug-likeness (QED) is 0.364. The molecule has 0 aromatic rings. The molecule has 4 aliphatic carbocycles. The van der Waals surface area contributed by atoms with Crippen molar-refractivity contribution in [3.63, 3.8) is 0 Å². The molecule has 0 aliphatic heterocycles. The van der Waals surface area contributed by atoms with Crippen LogP contribution in [0.3, 0.4) is 0 Å². The van der Waals surface area contributed by atoms with E-state index in [4.69, 9.17) is 4.43 Å². The lowest BCUT2D eigenvalue weighted by molar-refractivity contribution is -0.127. The second-order valence-corrected chi connectivity index (χ2v) is 15.0. The Kier molecular flexibility index (Phi) is 4.35. The van der Waals surface area contributed by atoms with Gasteiger partial charge in [-0.2, -0.15) is 0 Å². The summed E-state index contributed by atoms with van der Waals surface area (Å²) in [5, 5.41) is 0. The maximum Gasteiger partial charge on any atom is 0.184 e. The fraction of sp³-hybridized carbons (Fsp3) is 0.864. The van der Waals surface area contributed by atoms with Crippen LogP contribution in [0.2, 0.25) is 19.6 Å². The molecule has 0 N–H and O–H groups in total. The van der Waals surface area contributed by atoms with Gasteiger partial charge in [0.05, 0.1) is 6.10 Å². The first-order chi connectivity index (χ1) is 11.8. The predicted molar refractivity (Wildman–Crippen MR) is 105 cm³/mol. The molecule has 2 nitrogen and oxygen atoms in total. The fourth-order valence-corrected chi connectivity index (χ4v) is 8.47. The average Bonchev–Trinajstić information content (AvgIpc) is 2.89. The molecular formula is C22H36O2Si. The van der Waals surface area contributed by atoms with Crippen LogP contribution in [0.4, 0.5) is 0 Å². The summed E-state index contributed by atoms with van der Waals surface area (Å²) in [5.41, 5.74) is 1.76. The zero-order chi connectivity index (χ0) is 17.9. The van der Waals surface area contributed by atoms with Gasteiger partial charge in [0.2, 0.25) is 0 Å². The fourth-order valence-electron chi connectivity index (χ4n) is 7.23. The Morgan fingerprint density at radius 1 is 1.12 bits per heavy atom. The van der Waals surface area contributed by atoms with E-state index in [9.17, 15) is 4.79 Å². The third-order valence-electron chi connectivity index (χ3n) is 8.25. The van der Waals surface area contributed by atoms with Gasteiger partial charge in [-0.15, -0.1) is 0 Å². The van der Waals surface area contributed by atoms with E-state index in [1.807, 2.05) is 0 Å². The molecule has 6 atom stereocenters. The van der Waals surface area contributed by atoms with Gasteiger partial charge in [-0.25, -0.2) is 0 Å². The van der Waals surface area contributed by atoms with E-state index >= 15 is 0 Å². The summed E-state index contributed by atoms with van der Waals surface area (Å²) in [6.07, 6.45) is 15.3. The van der Waals surface area contributed by atoms with Crippen molar-refractivity contribution in [2.24, 2.45) is 28.6 Å². The number of carbonyl (C=O) groups is 1. The van der Waals surface area contributed by atoms with Crippen molar-refractivity contribution in [1.82, 2.24) is 0 Å². The highest BCUT2D eigenvalue weighted by Gasteiger charge is 2.60. The van der Waals surface area contributed by atoms with E-state index in [0.717, 1.165) is 18.3 Å². The molecule has 0 spiro atoms. The van der Waals surface area contributed by atoms with E-state index in [2.05, 4.69) is 32.6 Å². The molecule has 0 amide bonds. The molecule has 0 bridgehead atoms. The molecule has 25 heavy (non-hydrogen) atoms. The summed E-state index contributed by atoms with van der Waals surface area (Å²) in [5.74, 6) is 2.12. The molecule has 0 radical (unpaired) electrons. The van der Waals surface area contributed by atoms with Gasteiger partial charge in [-0.05, 0) is 101 Å². The number of fused-ring (bicyclic) bond motifs is 5. The Morgan fingerprint density at radius 2 is 1.92 bits per heavy atom. The monoisotopic (exact) mass is 360 g/mol. The van der Waals surface area contributed by atoms with Crippen molar-refractivity contribution in [2.75, 3.05) is 0 Å². The van der Waals surface area contributed by atoms with E-state index in [1.54, 1.807) is 0 Å². The molecule has 0 aromatic carbocycles. The maximum absolute atomic E-state index is 12.3. The van der Waals surface area contributed by atoms with Crippen LogP contribution >= 0.6 is 0 Å². The largest absolute Gasteiger partial charge is 0.414 e. The predicted octanol–water partition coefficient (Wildman–Crippen LogP) is 5.74. The zero-order valence-corrected chi connectivity index (χ0v) is 17.6. The molecule has 1 unspecified atom stereocenters. The van der Waals surface area contributed by atoms with Gasteiger partial charge in [-0.3, -0.25) is 0 Å². The zero-order valence-electron chi connectivity index (χ0n) is 16.6. The van der Waals surface area contributed by atoms with Gasteiger partial charge >= 0.3 is 0 Å². The molecule has 4 rings (SSSR count). The Balaban J connectivity index is 1.63. The highest BCUT2D eigenvalue weighted by atomic mass is 28.4. The SMILES string of the molecule is C[C@]12CC[C@@H]3[C@@H](CCC4=CCCC[C@@]43C=O)[C@@H]1CCC2O[Si](C)(C)C. The van der Waals surface area contributed by atoms with E-state index in [0.29, 0.717) is 17.4 Å². The van der Waals surface area contributed by atoms with Gasteiger partial charge in [-0.1, -0.05) is 18.6 Å². The van der Waals surface area contributed by atoms with Crippen LogP contribution < -0.4 is 0 Å². The number of hydrogen-bond acceptors (Lipinski definition) is 2. The molecule has 0 aromatic heterocycles. The van der Waals surface area contributed by atoms with Crippen LogP contribution in [0.1, 0.15) is 64.7 Å². The number of hydrogen-bond donors (Lipinski definition) is 0. The Morgan fingerprint density at radius 3 is 2.64 bits per heavy atom. The minimum Gasteiger partial charge on any atom is -0.414 e. The lowest BCUT2D eigenvalue weighted by Gasteiger charge is -2.57. The summed E-state index contributed by atoms with van der Waals surface area (Å²) in [6, 6.07) is 0. The summed E-state index contributed by atoms with van der Waals surface area (Å²) in [4.78, 5) is 12.3. The first-order valence-corrected chi connectivity index (χ1v) is 14.0. The van der Waals surface area contributed by atoms with Crippen LogP contribution in [-0.2, 0) is 9.22 Å². The average molecular weight is 361 g/mol. The number of carbonyl (C=O) groups excluding carboxylic acids is 1. The Bertz CT molecular complexity index is 577. The van der Waals surface area contributed by atoms with Gasteiger partial charge < -0.3 is 9.22 Å². The normalized spacial score (nSPS) is 46.6. The van der Waals surface area contributed by atoms with Gasteiger partial charge in [0.15, 0.2) is 8.32 Å². The summed E-state index contributed by atoms with van der Waals surface area (Å²) in [7, 11) is -1.50. The number of allylic oxidation sites excluding steroid dienone is 2. The molecule has 3 fully saturated rings. The lowest BCUT2D eigenvalue weighted by Crippen LogP contribution is -2.53. The molecule has 140 valence electrons. The number of rotatable bonds is 3. The topological polar surface area (TPSA) is 26.3 Å². The second-order valence-electron chi connectivity index (χ2n) is 10.5. The Labute approximate surface area is 154 Å².